The SMILES string of the molecule is O=C1NC(=S)N(c2cccc(C(=O)O)c2)C(=O)C1=Cc1cc(-c2ccccc2)n(-c2ccc([N+](=O)[O-])cc2)c1-c1ccccc1. The van der Waals surface area contributed by atoms with Gasteiger partial charge in [0.05, 0.1) is 27.6 Å². The van der Waals surface area contributed by atoms with Crippen molar-refractivity contribution in [3.63, 3.8) is 0 Å². The quantitative estimate of drug-likeness (QED) is 0.0728. The van der Waals surface area contributed by atoms with Crippen LogP contribution in [-0.4, -0.2) is 37.5 Å². The highest BCUT2D eigenvalue weighted by molar-refractivity contribution is 7.80. The first-order valence-corrected chi connectivity index (χ1v) is 14.0. The molecular formula is C34H22N4O6S. The molecule has 220 valence electrons. The van der Waals surface area contributed by atoms with Crippen molar-refractivity contribution in [2.75, 3.05) is 4.90 Å². The number of rotatable bonds is 7. The van der Waals surface area contributed by atoms with Crippen molar-refractivity contribution in [2.45, 2.75) is 0 Å². The third-order valence-electron chi connectivity index (χ3n) is 7.22. The number of non-ortho nitro benzene ring substituents is 1. The van der Waals surface area contributed by atoms with Gasteiger partial charge in [-0.15, -0.1) is 0 Å². The Kier molecular flexibility index (Phi) is 7.59. The lowest BCUT2D eigenvalue weighted by molar-refractivity contribution is -0.384. The van der Waals surface area contributed by atoms with Crippen molar-refractivity contribution in [2.24, 2.45) is 0 Å². The fraction of sp³-hybridized carbons (Fsp3) is 0. The fourth-order valence-electron chi connectivity index (χ4n) is 5.17. The van der Waals surface area contributed by atoms with Crippen LogP contribution in [-0.2, 0) is 9.59 Å². The summed E-state index contributed by atoms with van der Waals surface area (Å²) in [5.74, 6) is -2.62. The van der Waals surface area contributed by atoms with Gasteiger partial charge in [-0.05, 0) is 65.8 Å². The Morgan fingerprint density at radius 2 is 1.47 bits per heavy atom. The maximum absolute atomic E-state index is 13.9. The number of carbonyl (C=O) groups excluding carboxylic acids is 2. The number of hydrogen-bond donors (Lipinski definition) is 2. The van der Waals surface area contributed by atoms with Gasteiger partial charge < -0.3 is 9.67 Å². The number of aromatic nitrogens is 1. The summed E-state index contributed by atoms with van der Waals surface area (Å²) in [6.07, 6.45) is 1.48. The van der Waals surface area contributed by atoms with Gasteiger partial charge in [-0.3, -0.25) is 29.9 Å². The first kappa shape index (κ1) is 28.9. The summed E-state index contributed by atoms with van der Waals surface area (Å²) in [6.45, 7) is 0. The number of carboxylic acid groups (broad SMARTS) is 1. The normalized spacial score (nSPS) is 14.0. The van der Waals surface area contributed by atoms with Crippen LogP contribution in [0.4, 0.5) is 11.4 Å². The maximum atomic E-state index is 13.9. The van der Waals surface area contributed by atoms with Crippen LogP contribution in [0.5, 0.6) is 0 Å². The topological polar surface area (TPSA) is 135 Å². The molecule has 0 radical (unpaired) electrons. The molecule has 1 fully saturated rings. The van der Waals surface area contributed by atoms with Gasteiger partial charge >= 0.3 is 5.97 Å². The molecule has 45 heavy (non-hydrogen) atoms. The van der Waals surface area contributed by atoms with Crippen molar-refractivity contribution in [1.29, 1.82) is 0 Å². The van der Waals surface area contributed by atoms with Gasteiger partial charge in [0.25, 0.3) is 17.5 Å². The molecule has 1 aromatic heterocycles. The number of aromatic carboxylic acids is 1. The van der Waals surface area contributed by atoms with Crippen LogP contribution in [0.3, 0.4) is 0 Å². The van der Waals surface area contributed by atoms with Crippen LogP contribution in [0.2, 0.25) is 0 Å². The van der Waals surface area contributed by atoms with E-state index in [9.17, 15) is 29.6 Å². The third-order valence-corrected chi connectivity index (χ3v) is 7.50. The van der Waals surface area contributed by atoms with Gasteiger partial charge in [0, 0.05) is 23.4 Å². The number of thiocarbonyl (C=S) groups is 1. The molecule has 11 heteroatoms. The second-order valence-electron chi connectivity index (χ2n) is 9.99. The lowest BCUT2D eigenvalue weighted by Crippen LogP contribution is -2.54. The molecule has 0 saturated carbocycles. The molecule has 6 rings (SSSR count). The van der Waals surface area contributed by atoms with E-state index in [1.54, 1.807) is 12.1 Å². The van der Waals surface area contributed by atoms with Crippen LogP contribution < -0.4 is 10.2 Å². The predicted octanol–water partition coefficient (Wildman–Crippen LogP) is 6.25. The van der Waals surface area contributed by atoms with E-state index in [0.29, 0.717) is 22.6 Å². The number of anilines is 1. The molecule has 2 amide bonds. The number of nitrogens with one attached hydrogen (secondary N) is 1. The monoisotopic (exact) mass is 614 g/mol. The van der Waals surface area contributed by atoms with Crippen molar-refractivity contribution in [1.82, 2.24) is 9.88 Å². The van der Waals surface area contributed by atoms with E-state index in [1.165, 1.54) is 42.5 Å². The molecule has 0 atom stereocenters. The van der Waals surface area contributed by atoms with E-state index in [2.05, 4.69) is 5.32 Å². The van der Waals surface area contributed by atoms with Crippen molar-refractivity contribution in [3.8, 4) is 28.2 Å². The zero-order valence-electron chi connectivity index (χ0n) is 23.3. The first-order chi connectivity index (χ1) is 21.7. The van der Waals surface area contributed by atoms with Crippen molar-refractivity contribution in [3.05, 3.63) is 142 Å². The Balaban J connectivity index is 1.58. The molecule has 0 bridgehead atoms. The highest BCUT2D eigenvalue weighted by atomic mass is 32.1. The molecule has 0 aliphatic carbocycles. The standard InChI is InChI=1S/C34H22N4O6S/c39-31-28(32(40)37(34(45)35-31)27-13-7-12-23(18-27)33(41)42)19-24-20-29(21-8-3-1-4-9-21)36(30(24)22-10-5-2-6-11-22)25-14-16-26(17-15-25)38(43)44/h1-20H,(H,41,42)(H,35,39,45). The molecule has 4 aromatic carbocycles. The fourth-order valence-corrected chi connectivity index (χ4v) is 5.45. The minimum absolute atomic E-state index is 0.0513. The van der Waals surface area contributed by atoms with Crippen LogP contribution in [0, 0.1) is 10.1 Å². The Hall–Kier alpha value is -6.20. The molecular weight excluding hydrogens is 592 g/mol. The smallest absolute Gasteiger partial charge is 0.335 e. The lowest BCUT2D eigenvalue weighted by Gasteiger charge is -2.29. The Labute approximate surface area is 261 Å². The third kappa shape index (κ3) is 5.51. The number of nitro groups is 1. The number of nitro benzene ring substituents is 1. The zero-order chi connectivity index (χ0) is 31.7. The predicted molar refractivity (Wildman–Crippen MR) is 173 cm³/mol. The largest absolute Gasteiger partial charge is 0.478 e. The number of nitrogens with zero attached hydrogens (tertiary/aromatic N) is 3. The summed E-state index contributed by atoms with van der Waals surface area (Å²) in [5, 5.41) is 23.2. The molecule has 2 heterocycles. The van der Waals surface area contributed by atoms with E-state index in [-0.39, 0.29) is 27.6 Å². The second-order valence-corrected chi connectivity index (χ2v) is 10.4. The Bertz CT molecular complexity index is 2040. The minimum Gasteiger partial charge on any atom is -0.478 e. The van der Waals surface area contributed by atoms with Gasteiger partial charge in [0.2, 0.25) is 0 Å². The second kappa shape index (κ2) is 11.8. The van der Waals surface area contributed by atoms with Crippen molar-refractivity contribution >= 4 is 52.6 Å². The first-order valence-electron chi connectivity index (χ1n) is 13.6. The van der Waals surface area contributed by atoms with E-state index in [4.69, 9.17) is 12.2 Å². The number of carbonyl (C=O) groups is 3. The van der Waals surface area contributed by atoms with Crippen molar-refractivity contribution < 1.29 is 24.4 Å². The van der Waals surface area contributed by atoms with Gasteiger partial charge in [-0.1, -0.05) is 66.7 Å². The van der Waals surface area contributed by atoms with Crippen LogP contribution in [0.15, 0.2) is 121 Å². The van der Waals surface area contributed by atoms with E-state index in [1.807, 2.05) is 71.3 Å². The number of hydrogen-bond acceptors (Lipinski definition) is 6. The maximum Gasteiger partial charge on any atom is 0.335 e. The summed E-state index contributed by atoms with van der Waals surface area (Å²) in [6, 6.07) is 32.5. The summed E-state index contributed by atoms with van der Waals surface area (Å²) in [4.78, 5) is 50.8. The van der Waals surface area contributed by atoms with Crippen LogP contribution >= 0.6 is 12.2 Å². The van der Waals surface area contributed by atoms with E-state index < -0.39 is 22.7 Å². The lowest BCUT2D eigenvalue weighted by atomic mass is 10.0. The molecule has 0 unspecified atom stereocenters. The number of benzene rings is 4. The highest BCUT2D eigenvalue weighted by Gasteiger charge is 2.35. The molecule has 1 aliphatic heterocycles. The average Bonchev–Trinajstić information content (AvgIpc) is 3.43. The Morgan fingerprint density at radius 3 is 2.09 bits per heavy atom. The highest BCUT2D eigenvalue weighted by Crippen LogP contribution is 2.38. The molecule has 1 aliphatic rings. The molecule has 2 N–H and O–H groups in total. The average molecular weight is 615 g/mol. The summed E-state index contributed by atoms with van der Waals surface area (Å²) in [7, 11) is 0. The van der Waals surface area contributed by atoms with E-state index in [0.717, 1.165) is 16.0 Å². The number of amides is 2. The molecule has 0 spiro atoms. The van der Waals surface area contributed by atoms with Gasteiger partial charge in [-0.2, -0.15) is 0 Å². The molecule has 1 saturated heterocycles. The van der Waals surface area contributed by atoms with Crippen LogP contribution in [0.1, 0.15) is 15.9 Å². The summed E-state index contributed by atoms with van der Waals surface area (Å²) < 4.78 is 1.92. The Morgan fingerprint density at radius 1 is 0.822 bits per heavy atom. The van der Waals surface area contributed by atoms with Gasteiger partial charge in [0.15, 0.2) is 5.11 Å². The summed E-state index contributed by atoms with van der Waals surface area (Å²) >= 11 is 5.32. The molecule has 5 aromatic rings. The summed E-state index contributed by atoms with van der Waals surface area (Å²) in [5.41, 5.74) is 3.91. The zero-order valence-corrected chi connectivity index (χ0v) is 24.1. The number of carboxylic acids is 1. The molecule has 10 nitrogen and oxygen atoms in total. The van der Waals surface area contributed by atoms with Crippen LogP contribution in [0.25, 0.3) is 34.3 Å². The van der Waals surface area contributed by atoms with Gasteiger partial charge in [0.1, 0.15) is 5.57 Å². The minimum atomic E-state index is -1.18. The van der Waals surface area contributed by atoms with Gasteiger partial charge in [-0.25, -0.2) is 4.79 Å². The van der Waals surface area contributed by atoms with E-state index >= 15 is 0 Å².